The number of hydrogen-bond donors (Lipinski definition) is 1. The van der Waals surface area contributed by atoms with Crippen molar-refractivity contribution < 1.29 is 0 Å². The summed E-state index contributed by atoms with van der Waals surface area (Å²) in [5.41, 5.74) is 4.80. The molecule has 0 spiro atoms. The van der Waals surface area contributed by atoms with E-state index in [-0.39, 0.29) is 0 Å². The highest BCUT2D eigenvalue weighted by atomic mass is 35.5. The van der Waals surface area contributed by atoms with Crippen molar-refractivity contribution in [1.29, 1.82) is 0 Å². The molecule has 31 heavy (non-hydrogen) atoms. The third kappa shape index (κ3) is 5.59. The lowest BCUT2D eigenvalue weighted by molar-refractivity contribution is 0.830. The number of hydrogen-bond acceptors (Lipinski definition) is 3. The van der Waals surface area contributed by atoms with Gasteiger partial charge in [0, 0.05) is 40.4 Å². The first kappa shape index (κ1) is 20.8. The predicted octanol–water partition coefficient (Wildman–Crippen LogP) is 7.17. The summed E-state index contributed by atoms with van der Waals surface area (Å²) in [5.74, 6) is 0. The third-order valence-corrected chi connectivity index (χ3v) is 5.39. The van der Waals surface area contributed by atoms with Gasteiger partial charge in [-0.3, -0.25) is 9.97 Å². The van der Waals surface area contributed by atoms with Gasteiger partial charge >= 0.3 is 0 Å². The van der Waals surface area contributed by atoms with E-state index < -0.39 is 0 Å². The largest absolute Gasteiger partial charge is 0.385 e. The summed E-state index contributed by atoms with van der Waals surface area (Å²) in [5, 5.41) is 6.33. The van der Waals surface area contributed by atoms with Crippen molar-refractivity contribution in [2.75, 3.05) is 11.9 Å². The monoisotopic (exact) mass is 425 g/mol. The fourth-order valence-electron chi connectivity index (χ4n) is 3.49. The van der Waals surface area contributed by atoms with Crippen molar-refractivity contribution in [2.24, 2.45) is 0 Å². The number of anilines is 1. The van der Waals surface area contributed by atoms with Crippen LogP contribution in [0.1, 0.15) is 12.0 Å². The Bertz CT molecular complexity index is 1170. The standard InChI is InChI=1S/C9H6ClN.C9H11N.C9H7N/c10-8-4-1-5-9-7(8)3-2-6-11-9;2*1-2-6-9-8(4-1)5-3-7-10-9/h1-6H;1-2,4,6,10H,3,5,7H2;1-7H. The number of aryl methyl sites for hydroxylation is 1. The van der Waals surface area contributed by atoms with Gasteiger partial charge in [0.1, 0.15) is 0 Å². The van der Waals surface area contributed by atoms with Gasteiger partial charge in [0.15, 0.2) is 0 Å². The minimum Gasteiger partial charge on any atom is -0.385 e. The summed E-state index contributed by atoms with van der Waals surface area (Å²) >= 11 is 5.92. The molecule has 0 saturated heterocycles. The van der Waals surface area contributed by atoms with E-state index in [0.717, 1.165) is 28.0 Å². The Morgan fingerprint density at radius 3 is 2.23 bits per heavy atom. The zero-order valence-electron chi connectivity index (χ0n) is 17.2. The summed E-state index contributed by atoms with van der Waals surface area (Å²) < 4.78 is 0. The van der Waals surface area contributed by atoms with E-state index in [0.29, 0.717) is 0 Å². The van der Waals surface area contributed by atoms with Gasteiger partial charge in [-0.25, -0.2) is 0 Å². The molecule has 0 fully saturated rings. The van der Waals surface area contributed by atoms with Gasteiger partial charge in [-0.2, -0.15) is 0 Å². The Kier molecular flexibility index (Phi) is 7.09. The smallest absolute Gasteiger partial charge is 0.0716 e. The van der Waals surface area contributed by atoms with Crippen LogP contribution in [0.5, 0.6) is 0 Å². The van der Waals surface area contributed by atoms with E-state index in [1.807, 2.05) is 60.8 Å². The molecular weight excluding hydrogens is 402 g/mol. The van der Waals surface area contributed by atoms with E-state index in [2.05, 4.69) is 51.7 Å². The molecule has 3 nitrogen and oxygen atoms in total. The van der Waals surface area contributed by atoms with E-state index in [1.54, 1.807) is 6.20 Å². The van der Waals surface area contributed by atoms with E-state index in [1.165, 1.54) is 29.5 Å². The average molecular weight is 426 g/mol. The number of aromatic nitrogens is 2. The minimum absolute atomic E-state index is 0.760. The van der Waals surface area contributed by atoms with Crippen LogP contribution in [0, 0.1) is 0 Å². The molecule has 2 aromatic heterocycles. The van der Waals surface area contributed by atoms with Gasteiger partial charge in [-0.1, -0.05) is 60.1 Å². The van der Waals surface area contributed by atoms with Crippen LogP contribution < -0.4 is 5.32 Å². The average Bonchev–Trinajstić information content (AvgIpc) is 2.85. The SMILES string of the molecule is Clc1cccc2ncccc12.c1ccc2c(c1)CCCN2.c1ccc2ncccc2c1. The lowest BCUT2D eigenvalue weighted by atomic mass is 10.0. The van der Waals surface area contributed by atoms with Gasteiger partial charge in [0.05, 0.1) is 11.0 Å². The van der Waals surface area contributed by atoms with Crippen molar-refractivity contribution in [1.82, 2.24) is 9.97 Å². The molecule has 0 amide bonds. The normalized spacial score (nSPS) is 11.9. The lowest BCUT2D eigenvalue weighted by Gasteiger charge is -2.16. The third-order valence-electron chi connectivity index (χ3n) is 5.06. The molecule has 0 unspecified atom stereocenters. The fourth-order valence-corrected chi connectivity index (χ4v) is 3.73. The number of nitrogens with zero attached hydrogens (tertiary/aromatic N) is 2. The molecule has 6 rings (SSSR count). The Morgan fingerprint density at radius 1 is 0.677 bits per heavy atom. The molecule has 3 heterocycles. The maximum absolute atomic E-state index is 5.92. The Labute approximate surface area is 187 Å². The topological polar surface area (TPSA) is 37.8 Å². The predicted molar refractivity (Wildman–Crippen MR) is 132 cm³/mol. The van der Waals surface area contributed by atoms with Gasteiger partial charge in [-0.15, -0.1) is 0 Å². The van der Waals surface area contributed by atoms with Crippen LogP contribution in [0.15, 0.2) is 103 Å². The maximum Gasteiger partial charge on any atom is 0.0716 e. The fraction of sp³-hybridized carbons (Fsp3) is 0.111. The molecule has 0 radical (unpaired) electrons. The Balaban J connectivity index is 0.000000112. The van der Waals surface area contributed by atoms with E-state index in [9.17, 15) is 0 Å². The van der Waals surface area contributed by atoms with E-state index in [4.69, 9.17) is 11.6 Å². The van der Waals surface area contributed by atoms with E-state index >= 15 is 0 Å². The molecule has 4 heteroatoms. The van der Waals surface area contributed by atoms with Gasteiger partial charge in [0.25, 0.3) is 0 Å². The second-order valence-electron chi connectivity index (χ2n) is 7.19. The molecule has 0 aliphatic carbocycles. The van der Waals surface area contributed by atoms with Crippen LogP contribution >= 0.6 is 11.6 Å². The Hall–Kier alpha value is -3.43. The number of nitrogens with one attached hydrogen (secondary N) is 1. The van der Waals surface area contributed by atoms with Crippen molar-refractivity contribution in [3.63, 3.8) is 0 Å². The van der Waals surface area contributed by atoms with Gasteiger partial charge in [0.2, 0.25) is 0 Å². The quantitative estimate of drug-likeness (QED) is 0.286. The molecule has 1 N–H and O–H groups in total. The number of halogens is 1. The number of rotatable bonds is 0. The number of benzene rings is 3. The molecule has 1 aliphatic rings. The highest BCUT2D eigenvalue weighted by Crippen LogP contribution is 2.21. The van der Waals surface area contributed by atoms with Crippen molar-refractivity contribution in [2.45, 2.75) is 12.8 Å². The first-order valence-corrected chi connectivity index (χ1v) is 10.8. The molecule has 0 atom stereocenters. The molecule has 3 aromatic carbocycles. The maximum atomic E-state index is 5.92. The van der Waals surface area contributed by atoms with Crippen LogP contribution in [0.4, 0.5) is 5.69 Å². The van der Waals surface area contributed by atoms with Gasteiger partial charge < -0.3 is 5.32 Å². The Morgan fingerprint density at radius 2 is 1.39 bits per heavy atom. The summed E-state index contributed by atoms with van der Waals surface area (Å²) in [6, 6.07) is 30.2. The lowest BCUT2D eigenvalue weighted by Crippen LogP contribution is -2.10. The molecule has 0 saturated carbocycles. The van der Waals surface area contributed by atoms with Gasteiger partial charge in [-0.05, 0) is 60.9 Å². The second-order valence-corrected chi connectivity index (χ2v) is 7.60. The zero-order chi connectivity index (χ0) is 21.3. The van der Waals surface area contributed by atoms with Crippen LogP contribution in [0.2, 0.25) is 5.02 Å². The van der Waals surface area contributed by atoms with Crippen LogP contribution in [0.25, 0.3) is 21.8 Å². The minimum atomic E-state index is 0.760. The number of pyridine rings is 2. The summed E-state index contributed by atoms with van der Waals surface area (Å²) in [6.07, 6.45) is 6.08. The van der Waals surface area contributed by atoms with Crippen LogP contribution in [0.3, 0.4) is 0 Å². The first-order chi connectivity index (χ1) is 15.3. The first-order valence-electron chi connectivity index (χ1n) is 10.4. The number of para-hydroxylation sites is 2. The molecule has 5 aromatic rings. The highest BCUT2D eigenvalue weighted by molar-refractivity contribution is 6.35. The summed E-state index contributed by atoms with van der Waals surface area (Å²) in [4.78, 5) is 8.34. The molecule has 1 aliphatic heterocycles. The van der Waals surface area contributed by atoms with Crippen LogP contribution in [-0.4, -0.2) is 16.5 Å². The zero-order valence-corrected chi connectivity index (χ0v) is 18.0. The van der Waals surface area contributed by atoms with Crippen molar-refractivity contribution >= 4 is 39.1 Å². The molecule has 0 bridgehead atoms. The highest BCUT2D eigenvalue weighted by Gasteiger charge is 2.04. The molecule has 154 valence electrons. The van der Waals surface area contributed by atoms with Crippen molar-refractivity contribution in [3.05, 3.63) is 114 Å². The number of fused-ring (bicyclic) bond motifs is 3. The second kappa shape index (κ2) is 10.6. The van der Waals surface area contributed by atoms with Crippen LogP contribution in [-0.2, 0) is 6.42 Å². The molecular formula is C27H24ClN3. The summed E-state index contributed by atoms with van der Waals surface area (Å²) in [6.45, 7) is 1.14. The summed E-state index contributed by atoms with van der Waals surface area (Å²) in [7, 11) is 0. The van der Waals surface area contributed by atoms with Crippen molar-refractivity contribution in [3.8, 4) is 0 Å².